The smallest absolute Gasteiger partial charge is 0.315 e. The van der Waals surface area contributed by atoms with Gasteiger partial charge in [0, 0.05) is 48.9 Å². The third-order valence-corrected chi connectivity index (χ3v) is 7.80. The average molecular weight is 493 g/mol. The van der Waals surface area contributed by atoms with E-state index in [-0.39, 0.29) is 35.9 Å². The van der Waals surface area contributed by atoms with E-state index in [1.807, 2.05) is 25.1 Å². The van der Waals surface area contributed by atoms with Crippen molar-refractivity contribution in [1.29, 1.82) is 0 Å². The topological polar surface area (TPSA) is 96.2 Å². The molecule has 4 atom stereocenters. The summed E-state index contributed by atoms with van der Waals surface area (Å²) in [4.78, 5) is 24.0. The van der Waals surface area contributed by atoms with Crippen LogP contribution in [-0.4, -0.2) is 53.4 Å². The number of piperidine rings is 1. The number of nitrogens with zero attached hydrogens (tertiary/aromatic N) is 3. The molecule has 2 aromatic heterocycles. The molecule has 1 saturated carbocycles. The van der Waals surface area contributed by atoms with Gasteiger partial charge in [-0.15, -0.1) is 0 Å². The molecule has 2 aliphatic heterocycles. The van der Waals surface area contributed by atoms with Crippen molar-refractivity contribution in [3.63, 3.8) is 0 Å². The molecule has 36 heavy (non-hydrogen) atoms. The summed E-state index contributed by atoms with van der Waals surface area (Å²) in [6.07, 6.45) is 3.06. The summed E-state index contributed by atoms with van der Waals surface area (Å²) >= 11 is 0. The minimum Gasteiger partial charge on any atom is -0.369 e. The van der Waals surface area contributed by atoms with Crippen molar-refractivity contribution in [2.45, 2.75) is 62.8 Å². The number of carbonyl (C=O) groups excluding carboxylic acids is 1. The summed E-state index contributed by atoms with van der Waals surface area (Å²) in [5.74, 6) is -0.560. The highest BCUT2D eigenvalue weighted by Gasteiger charge is 2.44. The molecule has 6 rings (SSSR count). The van der Waals surface area contributed by atoms with Gasteiger partial charge in [-0.05, 0) is 61.6 Å². The standard InChI is InChI=1S/C27H30F2N6O/c1-14-8-15(10-16(28)9-14)20-13-31-22-3-2-21(19-11-17(29)12-23-24(19)34-27(36)33-23)32-25(22)26(20)35-6-4-18(30)5-7-35/h2-3,8-10,13,17-19,23-24H,4-7,11-12,30H2,1H3,(H2,33,34,36). The quantitative estimate of drug-likeness (QED) is 0.515. The summed E-state index contributed by atoms with van der Waals surface area (Å²) < 4.78 is 29.1. The van der Waals surface area contributed by atoms with Crippen molar-refractivity contribution < 1.29 is 13.6 Å². The minimum atomic E-state index is -1.02. The first-order valence-corrected chi connectivity index (χ1v) is 12.6. The van der Waals surface area contributed by atoms with Crippen LogP contribution in [0.1, 0.15) is 42.9 Å². The number of hydrogen-bond acceptors (Lipinski definition) is 5. The van der Waals surface area contributed by atoms with Gasteiger partial charge in [-0.25, -0.2) is 18.6 Å². The highest BCUT2D eigenvalue weighted by Crippen LogP contribution is 2.40. The van der Waals surface area contributed by atoms with Crippen LogP contribution in [0.5, 0.6) is 0 Å². The lowest BCUT2D eigenvalue weighted by Gasteiger charge is -2.35. The second-order valence-electron chi connectivity index (χ2n) is 10.4. The van der Waals surface area contributed by atoms with Gasteiger partial charge in [-0.3, -0.25) is 4.98 Å². The zero-order valence-electron chi connectivity index (χ0n) is 20.2. The number of amides is 2. The number of fused-ring (bicyclic) bond motifs is 2. The number of aromatic nitrogens is 2. The van der Waals surface area contributed by atoms with E-state index in [1.54, 1.807) is 6.20 Å². The Bertz CT molecular complexity index is 1300. The van der Waals surface area contributed by atoms with E-state index in [1.165, 1.54) is 12.1 Å². The number of hydrogen-bond donors (Lipinski definition) is 3. The van der Waals surface area contributed by atoms with Crippen LogP contribution in [0.2, 0.25) is 0 Å². The molecule has 7 nitrogen and oxygen atoms in total. The largest absolute Gasteiger partial charge is 0.369 e. The van der Waals surface area contributed by atoms with Gasteiger partial charge in [0.1, 0.15) is 17.5 Å². The van der Waals surface area contributed by atoms with E-state index in [4.69, 9.17) is 10.7 Å². The molecule has 4 heterocycles. The van der Waals surface area contributed by atoms with Crippen LogP contribution in [-0.2, 0) is 0 Å². The molecule has 4 N–H and O–H groups in total. The number of rotatable bonds is 3. The van der Waals surface area contributed by atoms with Gasteiger partial charge in [0.2, 0.25) is 0 Å². The summed E-state index contributed by atoms with van der Waals surface area (Å²) in [6.45, 7) is 3.39. The predicted molar refractivity (Wildman–Crippen MR) is 135 cm³/mol. The Balaban J connectivity index is 1.51. The third-order valence-electron chi connectivity index (χ3n) is 7.80. The van der Waals surface area contributed by atoms with Crippen LogP contribution in [0.15, 0.2) is 36.5 Å². The van der Waals surface area contributed by atoms with Crippen LogP contribution in [0, 0.1) is 12.7 Å². The molecule has 0 radical (unpaired) electrons. The van der Waals surface area contributed by atoms with Gasteiger partial charge in [0.15, 0.2) is 0 Å². The van der Waals surface area contributed by atoms with Crippen molar-refractivity contribution in [1.82, 2.24) is 20.6 Å². The molecule has 2 saturated heterocycles. The molecule has 4 unspecified atom stereocenters. The minimum absolute atomic E-state index is 0.150. The van der Waals surface area contributed by atoms with Gasteiger partial charge in [0.05, 0.1) is 23.3 Å². The summed E-state index contributed by atoms with van der Waals surface area (Å²) in [5, 5.41) is 5.81. The maximum absolute atomic E-state index is 14.7. The number of anilines is 1. The summed E-state index contributed by atoms with van der Waals surface area (Å²) in [5.41, 5.74) is 11.6. The first-order chi connectivity index (χ1) is 17.4. The number of benzene rings is 1. The highest BCUT2D eigenvalue weighted by atomic mass is 19.1. The first kappa shape index (κ1) is 23.1. The molecule has 1 aromatic carbocycles. The molecule has 3 fully saturated rings. The number of nitrogens with one attached hydrogen (secondary N) is 2. The molecule has 1 aliphatic carbocycles. The van der Waals surface area contributed by atoms with Crippen molar-refractivity contribution in [3.05, 3.63) is 53.6 Å². The molecule has 0 bridgehead atoms. The number of carbonyl (C=O) groups is 1. The van der Waals surface area contributed by atoms with Crippen molar-refractivity contribution in [2.75, 3.05) is 18.0 Å². The lowest BCUT2D eigenvalue weighted by Crippen LogP contribution is -2.45. The first-order valence-electron chi connectivity index (χ1n) is 12.6. The van der Waals surface area contributed by atoms with E-state index in [9.17, 15) is 13.6 Å². The number of halogens is 2. The number of alkyl halides is 1. The third kappa shape index (κ3) is 4.15. The second kappa shape index (κ2) is 8.96. The van der Waals surface area contributed by atoms with Crippen LogP contribution in [0.3, 0.4) is 0 Å². The SMILES string of the molecule is Cc1cc(F)cc(-c2cnc3ccc(C4CC(F)CC5NC(=O)NC54)nc3c2N2CCC(N)CC2)c1. The van der Waals surface area contributed by atoms with E-state index in [0.29, 0.717) is 18.4 Å². The van der Waals surface area contributed by atoms with Gasteiger partial charge in [-0.2, -0.15) is 0 Å². The van der Waals surface area contributed by atoms with E-state index in [0.717, 1.165) is 59.5 Å². The Morgan fingerprint density at radius 2 is 1.92 bits per heavy atom. The number of nitrogens with two attached hydrogens (primary N) is 1. The zero-order chi connectivity index (χ0) is 25.0. The van der Waals surface area contributed by atoms with Crippen molar-refractivity contribution >= 4 is 22.8 Å². The van der Waals surface area contributed by atoms with Gasteiger partial charge in [-0.1, -0.05) is 6.07 Å². The Kier molecular flexibility index (Phi) is 5.75. The molecular weight excluding hydrogens is 462 g/mol. The predicted octanol–water partition coefficient (Wildman–Crippen LogP) is 3.94. The van der Waals surface area contributed by atoms with E-state index in [2.05, 4.69) is 20.5 Å². The Labute approximate surface area is 208 Å². The molecule has 188 valence electrons. The monoisotopic (exact) mass is 492 g/mol. The van der Waals surface area contributed by atoms with Crippen LogP contribution in [0.25, 0.3) is 22.2 Å². The molecule has 2 amide bonds. The second-order valence-corrected chi connectivity index (χ2v) is 10.4. The Morgan fingerprint density at radius 3 is 2.69 bits per heavy atom. The van der Waals surface area contributed by atoms with E-state index < -0.39 is 6.17 Å². The van der Waals surface area contributed by atoms with Gasteiger partial charge in [0.25, 0.3) is 0 Å². The molecule has 9 heteroatoms. The molecule has 3 aliphatic rings. The summed E-state index contributed by atoms with van der Waals surface area (Å²) in [6, 6.07) is 8.20. The lowest BCUT2D eigenvalue weighted by atomic mass is 9.79. The molecular formula is C27H30F2N6O. The highest BCUT2D eigenvalue weighted by molar-refractivity contribution is 5.97. The van der Waals surface area contributed by atoms with Crippen molar-refractivity contribution in [3.8, 4) is 11.1 Å². The number of pyridine rings is 2. The van der Waals surface area contributed by atoms with Gasteiger partial charge < -0.3 is 21.3 Å². The maximum Gasteiger partial charge on any atom is 0.315 e. The fraction of sp³-hybridized carbons (Fsp3) is 0.444. The van der Waals surface area contributed by atoms with Crippen molar-refractivity contribution in [2.24, 2.45) is 5.73 Å². The van der Waals surface area contributed by atoms with Gasteiger partial charge >= 0.3 is 6.03 Å². The normalized spacial score (nSPS) is 26.6. The van der Waals surface area contributed by atoms with E-state index >= 15 is 0 Å². The van der Waals surface area contributed by atoms with Crippen LogP contribution < -0.4 is 21.3 Å². The lowest BCUT2D eigenvalue weighted by molar-refractivity contribution is 0.187. The fourth-order valence-electron chi connectivity index (χ4n) is 6.06. The zero-order valence-corrected chi connectivity index (χ0v) is 20.2. The fourth-order valence-corrected chi connectivity index (χ4v) is 6.06. The number of aryl methyl sites for hydroxylation is 1. The Hall–Kier alpha value is -3.33. The molecule has 3 aromatic rings. The Morgan fingerprint density at radius 1 is 1.11 bits per heavy atom. The van der Waals surface area contributed by atoms with Crippen LogP contribution >= 0.6 is 0 Å². The average Bonchev–Trinajstić information content (AvgIpc) is 3.22. The van der Waals surface area contributed by atoms with Crippen LogP contribution in [0.4, 0.5) is 19.3 Å². The molecule has 0 spiro atoms. The number of urea groups is 1. The summed E-state index contributed by atoms with van der Waals surface area (Å²) in [7, 11) is 0. The maximum atomic E-state index is 14.7.